The van der Waals surface area contributed by atoms with E-state index in [0.29, 0.717) is 24.7 Å². The lowest BCUT2D eigenvalue weighted by Gasteiger charge is -2.22. The van der Waals surface area contributed by atoms with Gasteiger partial charge in [-0.25, -0.2) is 4.98 Å². The summed E-state index contributed by atoms with van der Waals surface area (Å²) in [7, 11) is 0. The van der Waals surface area contributed by atoms with E-state index in [0.717, 1.165) is 5.56 Å². The van der Waals surface area contributed by atoms with E-state index in [9.17, 15) is 0 Å². The van der Waals surface area contributed by atoms with Crippen molar-refractivity contribution in [1.29, 1.82) is 0 Å². The second kappa shape index (κ2) is 5.97. The molecule has 0 saturated heterocycles. The van der Waals surface area contributed by atoms with Crippen LogP contribution in [0.4, 0.5) is 11.6 Å². The highest BCUT2D eigenvalue weighted by Gasteiger charge is 2.08. The van der Waals surface area contributed by atoms with Crippen LogP contribution in [0.2, 0.25) is 0 Å². The van der Waals surface area contributed by atoms with Crippen LogP contribution >= 0.6 is 0 Å². The maximum Gasteiger partial charge on any atom is 0.149 e. The summed E-state index contributed by atoms with van der Waals surface area (Å²) in [4.78, 5) is 10.2. The van der Waals surface area contributed by atoms with E-state index in [1.165, 1.54) is 6.20 Å². The number of aromatic nitrogens is 2. The Bertz CT molecular complexity index is 489. The second-order valence-electron chi connectivity index (χ2n) is 3.93. The van der Waals surface area contributed by atoms with Crippen LogP contribution in [-0.2, 0) is 6.54 Å². The zero-order valence-electron chi connectivity index (χ0n) is 10.0. The molecular weight excluding hydrogens is 228 g/mol. The van der Waals surface area contributed by atoms with Crippen LogP contribution in [-0.4, -0.2) is 28.2 Å². The van der Waals surface area contributed by atoms with Gasteiger partial charge in [-0.2, -0.15) is 0 Å². The summed E-state index contributed by atoms with van der Waals surface area (Å²) in [6.07, 6.45) is 3.15. The summed E-state index contributed by atoms with van der Waals surface area (Å²) < 4.78 is 0. The summed E-state index contributed by atoms with van der Waals surface area (Å²) in [5.74, 6) is 1.05. The number of benzene rings is 1. The number of nitrogens with two attached hydrogens (primary N) is 1. The lowest BCUT2D eigenvalue weighted by atomic mass is 10.2. The summed E-state index contributed by atoms with van der Waals surface area (Å²) in [5, 5.41) is 9.12. The lowest BCUT2D eigenvalue weighted by Crippen LogP contribution is -2.27. The first-order chi connectivity index (χ1) is 8.79. The Morgan fingerprint density at radius 2 is 1.94 bits per heavy atom. The Labute approximate surface area is 106 Å². The Kier molecular flexibility index (Phi) is 4.09. The predicted molar refractivity (Wildman–Crippen MR) is 71.0 cm³/mol. The van der Waals surface area contributed by atoms with Crippen LogP contribution in [0, 0.1) is 0 Å². The highest BCUT2D eigenvalue weighted by atomic mass is 16.3. The van der Waals surface area contributed by atoms with E-state index in [4.69, 9.17) is 10.8 Å². The van der Waals surface area contributed by atoms with Gasteiger partial charge < -0.3 is 15.7 Å². The fraction of sp³-hybridized carbons (Fsp3) is 0.231. The molecule has 0 amide bonds. The van der Waals surface area contributed by atoms with Crippen LogP contribution in [0.1, 0.15) is 5.56 Å². The van der Waals surface area contributed by atoms with Gasteiger partial charge in [0.15, 0.2) is 0 Å². The number of nitrogens with zero attached hydrogens (tertiary/aromatic N) is 3. The number of hydrogen-bond donors (Lipinski definition) is 2. The molecule has 0 unspecified atom stereocenters. The largest absolute Gasteiger partial charge is 0.395 e. The molecule has 0 aliphatic carbocycles. The van der Waals surface area contributed by atoms with Gasteiger partial charge in [-0.1, -0.05) is 30.3 Å². The van der Waals surface area contributed by atoms with Gasteiger partial charge in [-0.3, -0.25) is 4.98 Å². The number of rotatable bonds is 5. The van der Waals surface area contributed by atoms with Crippen molar-refractivity contribution in [2.24, 2.45) is 0 Å². The third kappa shape index (κ3) is 3.18. The molecule has 1 heterocycles. The van der Waals surface area contributed by atoms with Crippen molar-refractivity contribution < 1.29 is 5.11 Å². The summed E-state index contributed by atoms with van der Waals surface area (Å²) in [5.41, 5.74) is 6.77. The fourth-order valence-corrected chi connectivity index (χ4v) is 1.72. The molecule has 0 atom stereocenters. The maximum atomic E-state index is 9.12. The van der Waals surface area contributed by atoms with Gasteiger partial charge in [0.25, 0.3) is 0 Å². The smallest absolute Gasteiger partial charge is 0.149 e. The molecule has 0 radical (unpaired) electrons. The van der Waals surface area contributed by atoms with E-state index in [1.54, 1.807) is 6.20 Å². The predicted octanol–water partition coefficient (Wildman–Crippen LogP) is 1.06. The molecule has 0 bridgehead atoms. The van der Waals surface area contributed by atoms with Gasteiger partial charge in [-0.05, 0) is 5.56 Å². The van der Waals surface area contributed by atoms with E-state index < -0.39 is 0 Å². The van der Waals surface area contributed by atoms with Gasteiger partial charge in [0, 0.05) is 13.1 Å². The molecule has 0 saturated carbocycles. The first kappa shape index (κ1) is 12.3. The van der Waals surface area contributed by atoms with Gasteiger partial charge in [0.05, 0.1) is 19.0 Å². The minimum atomic E-state index is 0.0588. The van der Waals surface area contributed by atoms with E-state index >= 15 is 0 Å². The molecule has 1 aromatic carbocycles. The minimum absolute atomic E-state index is 0.0588. The quantitative estimate of drug-likeness (QED) is 0.822. The third-order valence-electron chi connectivity index (χ3n) is 2.55. The molecule has 2 rings (SSSR count). The van der Waals surface area contributed by atoms with Crippen LogP contribution in [0.5, 0.6) is 0 Å². The Hall–Kier alpha value is -2.14. The molecule has 0 fully saturated rings. The molecule has 18 heavy (non-hydrogen) atoms. The SMILES string of the molecule is Nc1cncc(N(CCO)Cc2ccccc2)n1. The first-order valence-corrected chi connectivity index (χ1v) is 5.77. The normalized spacial score (nSPS) is 10.3. The van der Waals surface area contributed by atoms with E-state index in [1.807, 2.05) is 35.2 Å². The van der Waals surface area contributed by atoms with Crippen molar-refractivity contribution >= 4 is 11.6 Å². The zero-order valence-corrected chi connectivity index (χ0v) is 10.0. The number of hydrogen-bond acceptors (Lipinski definition) is 5. The summed E-state index contributed by atoms with van der Waals surface area (Å²) >= 11 is 0. The van der Waals surface area contributed by atoms with E-state index in [-0.39, 0.29) is 6.61 Å². The van der Waals surface area contributed by atoms with Crippen LogP contribution in [0.3, 0.4) is 0 Å². The van der Waals surface area contributed by atoms with Crippen LogP contribution in [0.25, 0.3) is 0 Å². The van der Waals surface area contributed by atoms with Crippen molar-refractivity contribution in [3.63, 3.8) is 0 Å². The van der Waals surface area contributed by atoms with Gasteiger partial charge in [-0.15, -0.1) is 0 Å². The highest BCUT2D eigenvalue weighted by Crippen LogP contribution is 2.14. The molecule has 0 aliphatic heterocycles. The third-order valence-corrected chi connectivity index (χ3v) is 2.55. The second-order valence-corrected chi connectivity index (χ2v) is 3.93. The van der Waals surface area contributed by atoms with Crippen LogP contribution in [0.15, 0.2) is 42.7 Å². The monoisotopic (exact) mass is 244 g/mol. The lowest BCUT2D eigenvalue weighted by molar-refractivity contribution is 0.301. The van der Waals surface area contributed by atoms with E-state index in [2.05, 4.69) is 9.97 Å². The zero-order chi connectivity index (χ0) is 12.8. The highest BCUT2D eigenvalue weighted by molar-refractivity contribution is 5.42. The minimum Gasteiger partial charge on any atom is -0.395 e. The molecule has 5 nitrogen and oxygen atoms in total. The Morgan fingerprint density at radius 1 is 1.17 bits per heavy atom. The molecular formula is C13H16N4O. The van der Waals surface area contributed by atoms with Crippen molar-refractivity contribution in [3.8, 4) is 0 Å². The molecule has 2 aromatic rings. The van der Waals surface area contributed by atoms with Gasteiger partial charge in [0.2, 0.25) is 0 Å². The van der Waals surface area contributed by atoms with Crippen molar-refractivity contribution in [1.82, 2.24) is 9.97 Å². The average molecular weight is 244 g/mol. The fourth-order valence-electron chi connectivity index (χ4n) is 1.72. The summed E-state index contributed by atoms with van der Waals surface area (Å²) in [6.45, 7) is 1.22. The van der Waals surface area contributed by atoms with Crippen LogP contribution < -0.4 is 10.6 Å². The van der Waals surface area contributed by atoms with Crippen molar-refractivity contribution in [2.45, 2.75) is 6.54 Å². The number of aliphatic hydroxyl groups excluding tert-OH is 1. The maximum absolute atomic E-state index is 9.12. The van der Waals surface area contributed by atoms with Crippen molar-refractivity contribution in [3.05, 3.63) is 48.3 Å². The Morgan fingerprint density at radius 3 is 2.61 bits per heavy atom. The van der Waals surface area contributed by atoms with Crippen molar-refractivity contribution in [2.75, 3.05) is 23.8 Å². The Balaban J connectivity index is 2.18. The molecule has 1 aromatic heterocycles. The molecule has 0 spiro atoms. The molecule has 3 N–H and O–H groups in total. The average Bonchev–Trinajstić information content (AvgIpc) is 2.39. The summed E-state index contributed by atoms with van der Waals surface area (Å²) in [6, 6.07) is 10.0. The molecule has 0 aliphatic rings. The van der Waals surface area contributed by atoms with Gasteiger partial charge in [0.1, 0.15) is 11.6 Å². The number of anilines is 2. The van der Waals surface area contributed by atoms with Gasteiger partial charge >= 0.3 is 0 Å². The molecule has 94 valence electrons. The molecule has 5 heteroatoms. The topological polar surface area (TPSA) is 75.3 Å². The first-order valence-electron chi connectivity index (χ1n) is 5.77. The number of aliphatic hydroxyl groups is 1. The standard InChI is InChI=1S/C13H16N4O/c14-12-8-15-9-13(16-12)17(6-7-18)10-11-4-2-1-3-5-11/h1-5,8-9,18H,6-7,10H2,(H2,14,16). The number of nitrogen functional groups attached to an aromatic ring is 1.